The van der Waals surface area contributed by atoms with Gasteiger partial charge in [-0.3, -0.25) is 4.68 Å². The van der Waals surface area contributed by atoms with Crippen LogP contribution in [0, 0.1) is 6.92 Å². The van der Waals surface area contributed by atoms with E-state index < -0.39 is 0 Å². The number of aryl methyl sites for hydroxylation is 1. The molecule has 1 fully saturated rings. The smallest absolute Gasteiger partial charge is 0.228 e. The third kappa shape index (κ3) is 5.25. The van der Waals surface area contributed by atoms with Crippen LogP contribution in [0.2, 0.25) is 0 Å². The van der Waals surface area contributed by atoms with E-state index in [0.717, 1.165) is 65.9 Å². The normalized spacial score (nSPS) is 16.7. The molecule has 1 saturated heterocycles. The van der Waals surface area contributed by atoms with Crippen LogP contribution in [0.4, 0.5) is 17.6 Å². The Kier molecular flexibility index (Phi) is 7.39. The second kappa shape index (κ2) is 10.4. The van der Waals surface area contributed by atoms with E-state index in [9.17, 15) is 0 Å². The fourth-order valence-corrected chi connectivity index (χ4v) is 4.11. The predicted molar refractivity (Wildman–Crippen MR) is 132 cm³/mol. The second-order valence-corrected chi connectivity index (χ2v) is 8.88. The summed E-state index contributed by atoms with van der Waals surface area (Å²) in [6, 6.07) is 4.46. The largest absolute Gasteiger partial charge is 0.380 e. The lowest BCUT2D eigenvalue weighted by Gasteiger charge is -2.33. The Balaban J connectivity index is 1.82. The molecule has 0 amide bonds. The first-order chi connectivity index (χ1) is 16.0. The van der Waals surface area contributed by atoms with Crippen LogP contribution in [0.25, 0.3) is 11.0 Å². The molecule has 0 aliphatic carbocycles. The molecule has 1 aliphatic rings. The highest BCUT2D eigenvalue weighted by molar-refractivity contribution is 5.90. The zero-order valence-corrected chi connectivity index (χ0v) is 20.4. The molecule has 0 spiro atoms. The van der Waals surface area contributed by atoms with E-state index in [-0.39, 0.29) is 5.92 Å². The van der Waals surface area contributed by atoms with Crippen LogP contribution in [-0.2, 0) is 11.3 Å². The minimum Gasteiger partial charge on any atom is -0.380 e. The number of hydrogen-bond donors (Lipinski definition) is 2. The number of ether oxygens (including phenoxy) is 1. The number of nitrogens with one attached hydrogen (secondary N) is 2. The van der Waals surface area contributed by atoms with E-state index in [0.29, 0.717) is 25.8 Å². The summed E-state index contributed by atoms with van der Waals surface area (Å²) in [5, 5.41) is 12.0. The minimum atomic E-state index is 0.236. The molecule has 4 heterocycles. The Hall–Kier alpha value is -2.78. The van der Waals surface area contributed by atoms with Gasteiger partial charge in [-0.1, -0.05) is 26.8 Å². The summed E-state index contributed by atoms with van der Waals surface area (Å²) in [7, 11) is 0. The van der Waals surface area contributed by atoms with Gasteiger partial charge in [-0.05, 0) is 37.8 Å². The number of aromatic nitrogens is 5. The van der Waals surface area contributed by atoms with Gasteiger partial charge in [0.05, 0.1) is 18.8 Å². The molecule has 1 atom stereocenters. The summed E-state index contributed by atoms with van der Waals surface area (Å²) >= 11 is 0. The van der Waals surface area contributed by atoms with Crippen molar-refractivity contribution in [3.63, 3.8) is 0 Å². The van der Waals surface area contributed by atoms with Gasteiger partial charge < -0.3 is 20.3 Å². The van der Waals surface area contributed by atoms with Crippen molar-refractivity contribution in [1.82, 2.24) is 30.0 Å². The monoisotopic (exact) mass is 452 g/mol. The molecule has 3 aromatic heterocycles. The van der Waals surface area contributed by atoms with Crippen molar-refractivity contribution in [3.8, 4) is 0 Å². The Labute approximate surface area is 196 Å². The van der Waals surface area contributed by atoms with Crippen molar-refractivity contribution >= 4 is 28.6 Å². The maximum atomic E-state index is 5.62. The Bertz CT molecular complexity index is 1060. The van der Waals surface area contributed by atoms with Crippen molar-refractivity contribution in [2.24, 2.45) is 0 Å². The minimum absolute atomic E-state index is 0.236. The highest BCUT2D eigenvalue weighted by Gasteiger charge is 2.25. The number of pyridine rings is 1. The summed E-state index contributed by atoms with van der Waals surface area (Å²) in [5.41, 5.74) is 3.89. The molecule has 2 N–H and O–H groups in total. The molecule has 178 valence electrons. The van der Waals surface area contributed by atoms with Crippen molar-refractivity contribution in [1.29, 1.82) is 0 Å². The van der Waals surface area contributed by atoms with Gasteiger partial charge in [-0.25, -0.2) is 9.97 Å². The average molecular weight is 453 g/mol. The van der Waals surface area contributed by atoms with Gasteiger partial charge in [0.15, 0.2) is 5.82 Å². The zero-order valence-electron chi connectivity index (χ0n) is 20.4. The average Bonchev–Trinajstić information content (AvgIpc) is 3.20. The van der Waals surface area contributed by atoms with Gasteiger partial charge >= 0.3 is 0 Å². The van der Waals surface area contributed by atoms with E-state index in [2.05, 4.69) is 41.3 Å². The molecule has 33 heavy (non-hydrogen) atoms. The Morgan fingerprint density at radius 2 is 2.09 bits per heavy atom. The quantitative estimate of drug-likeness (QED) is 0.476. The van der Waals surface area contributed by atoms with E-state index in [1.54, 1.807) is 0 Å². The molecule has 0 aromatic carbocycles. The molecule has 0 saturated carbocycles. The lowest BCUT2D eigenvalue weighted by molar-refractivity contribution is 0.137. The number of hydrogen-bond acceptors (Lipinski definition) is 8. The molecular weight excluding hydrogens is 416 g/mol. The first kappa shape index (κ1) is 23.4. The van der Waals surface area contributed by atoms with Crippen molar-refractivity contribution in [2.75, 3.05) is 43.1 Å². The van der Waals surface area contributed by atoms with E-state index in [4.69, 9.17) is 19.8 Å². The first-order valence-corrected chi connectivity index (χ1v) is 12.0. The van der Waals surface area contributed by atoms with Crippen LogP contribution in [0.15, 0.2) is 18.3 Å². The molecule has 0 radical (unpaired) electrons. The highest BCUT2D eigenvalue weighted by atomic mass is 16.5. The molecule has 9 heteroatoms. The molecular formula is C24H36N8O. The molecule has 0 bridgehead atoms. The van der Waals surface area contributed by atoms with E-state index >= 15 is 0 Å². The Morgan fingerprint density at radius 3 is 2.79 bits per heavy atom. The van der Waals surface area contributed by atoms with Gasteiger partial charge in [0.25, 0.3) is 0 Å². The molecule has 9 nitrogen and oxygen atoms in total. The lowest BCUT2D eigenvalue weighted by Crippen LogP contribution is -2.51. The van der Waals surface area contributed by atoms with Crippen molar-refractivity contribution < 1.29 is 4.74 Å². The summed E-state index contributed by atoms with van der Waals surface area (Å²) in [6.45, 7) is 15.1. The van der Waals surface area contributed by atoms with Gasteiger partial charge in [-0.15, -0.1) is 0 Å². The second-order valence-electron chi connectivity index (χ2n) is 8.88. The van der Waals surface area contributed by atoms with Crippen LogP contribution in [0.3, 0.4) is 0 Å². The summed E-state index contributed by atoms with van der Waals surface area (Å²) < 4.78 is 7.60. The van der Waals surface area contributed by atoms with Gasteiger partial charge in [0, 0.05) is 38.5 Å². The summed E-state index contributed by atoms with van der Waals surface area (Å²) in [6.07, 6.45) is 2.93. The molecule has 0 unspecified atom stereocenters. The number of fused-ring (bicyclic) bond motifs is 1. The first-order valence-electron chi connectivity index (χ1n) is 12.0. The van der Waals surface area contributed by atoms with Gasteiger partial charge in [0.2, 0.25) is 5.95 Å². The summed E-state index contributed by atoms with van der Waals surface area (Å²) in [4.78, 5) is 16.9. The standard InChI is InChI=1S/C24H36N8O/c1-6-18-15-31(11-10-25-18)24-28-21-20(16(3)4)30-32(12-13-33-7-2)22(21)23(29-24)27-19-9-8-17(5)14-26-19/h8-9,14,16,18,25H,6-7,10-13,15H2,1-5H3,(H,26,27,28,29)/t18-/m1/s1. The van der Waals surface area contributed by atoms with Crippen LogP contribution in [0.1, 0.15) is 51.3 Å². The van der Waals surface area contributed by atoms with Gasteiger partial charge in [0.1, 0.15) is 16.9 Å². The van der Waals surface area contributed by atoms with Crippen molar-refractivity contribution in [2.45, 2.75) is 59.5 Å². The summed E-state index contributed by atoms with van der Waals surface area (Å²) in [5.74, 6) is 2.46. The maximum Gasteiger partial charge on any atom is 0.228 e. The van der Waals surface area contributed by atoms with Crippen molar-refractivity contribution in [3.05, 3.63) is 29.6 Å². The van der Waals surface area contributed by atoms with Crippen LogP contribution < -0.4 is 15.5 Å². The number of nitrogens with zero attached hydrogens (tertiary/aromatic N) is 6. The number of anilines is 3. The third-order valence-corrected chi connectivity index (χ3v) is 5.99. The van der Waals surface area contributed by atoms with E-state index in [1.165, 1.54) is 0 Å². The molecule has 1 aliphatic heterocycles. The molecule has 4 rings (SSSR count). The number of piperazine rings is 1. The van der Waals surface area contributed by atoms with Crippen LogP contribution in [0.5, 0.6) is 0 Å². The maximum absolute atomic E-state index is 5.62. The highest BCUT2D eigenvalue weighted by Crippen LogP contribution is 2.31. The number of rotatable bonds is 9. The molecule has 3 aromatic rings. The van der Waals surface area contributed by atoms with E-state index in [1.807, 2.05) is 36.9 Å². The third-order valence-electron chi connectivity index (χ3n) is 5.99. The van der Waals surface area contributed by atoms with Gasteiger partial charge in [-0.2, -0.15) is 10.1 Å². The van der Waals surface area contributed by atoms with Crippen LogP contribution >= 0.6 is 0 Å². The zero-order chi connectivity index (χ0) is 23.4. The topological polar surface area (TPSA) is 93.0 Å². The fourth-order valence-electron chi connectivity index (χ4n) is 4.11. The lowest BCUT2D eigenvalue weighted by atomic mass is 10.1. The SMILES string of the molecule is CCOCCn1nc(C(C)C)c2nc(N3CCN[C@H](CC)C3)nc(Nc3ccc(C)cn3)c21. The predicted octanol–water partition coefficient (Wildman–Crippen LogP) is 3.62. The Morgan fingerprint density at radius 1 is 1.24 bits per heavy atom. The fraction of sp³-hybridized carbons (Fsp3) is 0.583. The van der Waals surface area contributed by atoms with Crippen LogP contribution in [-0.4, -0.2) is 63.6 Å².